The van der Waals surface area contributed by atoms with Crippen LogP contribution in [0.1, 0.15) is 28.7 Å². The van der Waals surface area contributed by atoms with Crippen LogP contribution in [0.4, 0.5) is 17.6 Å². The van der Waals surface area contributed by atoms with E-state index in [1.54, 1.807) is 6.92 Å². The maximum atomic E-state index is 14.1. The van der Waals surface area contributed by atoms with Crippen LogP contribution in [0, 0.1) is 12.7 Å². The van der Waals surface area contributed by atoms with Gasteiger partial charge in [-0.3, -0.25) is 0 Å². The van der Waals surface area contributed by atoms with Crippen molar-refractivity contribution in [3.8, 4) is 5.69 Å². The molecule has 0 saturated heterocycles. The zero-order valence-corrected chi connectivity index (χ0v) is 11.7. The van der Waals surface area contributed by atoms with Gasteiger partial charge in [-0.25, -0.2) is 13.9 Å². The van der Waals surface area contributed by atoms with Gasteiger partial charge in [0, 0.05) is 0 Å². The van der Waals surface area contributed by atoms with Crippen LogP contribution in [-0.4, -0.2) is 22.4 Å². The Kier molecular flexibility index (Phi) is 4.20. The van der Waals surface area contributed by atoms with Gasteiger partial charge in [-0.05, 0) is 38.1 Å². The number of alkyl halides is 3. The van der Waals surface area contributed by atoms with Gasteiger partial charge in [0.2, 0.25) is 0 Å². The van der Waals surface area contributed by atoms with E-state index < -0.39 is 29.3 Å². The van der Waals surface area contributed by atoms with Crippen LogP contribution in [0.2, 0.25) is 0 Å². The van der Waals surface area contributed by atoms with Crippen molar-refractivity contribution in [2.24, 2.45) is 0 Å². The number of rotatable bonds is 3. The van der Waals surface area contributed by atoms with Gasteiger partial charge < -0.3 is 4.74 Å². The summed E-state index contributed by atoms with van der Waals surface area (Å²) in [5, 5.41) is 3.66. The molecule has 118 valence electrons. The van der Waals surface area contributed by atoms with Crippen LogP contribution in [0.5, 0.6) is 0 Å². The molecule has 2 aromatic rings. The van der Waals surface area contributed by atoms with Gasteiger partial charge in [-0.2, -0.15) is 18.3 Å². The van der Waals surface area contributed by atoms with Crippen molar-refractivity contribution >= 4 is 5.97 Å². The summed E-state index contributed by atoms with van der Waals surface area (Å²) >= 11 is 0. The number of benzene rings is 1. The Labute approximate surface area is 123 Å². The zero-order valence-electron chi connectivity index (χ0n) is 11.7. The van der Waals surface area contributed by atoms with Gasteiger partial charge in [0.1, 0.15) is 17.2 Å². The fraction of sp³-hybridized carbons (Fsp3) is 0.286. The third kappa shape index (κ3) is 3.10. The minimum Gasteiger partial charge on any atom is -0.462 e. The second kappa shape index (κ2) is 5.78. The Morgan fingerprint density at radius 2 is 2.00 bits per heavy atom. The Morgan fingerprint density at radius 3 is 2.55 bits per heavy atom. The van der Waals surface area contributed by atoms with Crippen LogP contribution < -0.4 is 0 Å². The Morgan fingerprint density at radius 1 is 1.32 bits per heavy atom. The molecule has 0 aliphatic heterocycles. The number of aromatic nitrogens is 2. The fourth-order valence-electron chi connectivity index (χ4n) is 1.91. The number of ether oxygens (including phenoxy) is 1. The monoisotopic (exact) mass is 316 g/mol. The minimum absolute atomic E-state index is 0.0828. The van der Waals surface area contributed by atoms with Gasteiger partial charge >= 0.3 is 12.1 Å². The fourth-order valence-corrected chi connectivity index (χ4v) is 1.91. The molecule has 1 aromatic heterocycles. The van der Waals surface area contributed by atoms with E-state index in [-0.39, 0.29) is 17.9 Å². The molecule has 0 radical (unpaired) electrons. The van der Waals surface area contributed by atoms with Gasteiger partial charge in [0.25, 0.3) is 0 Å². The molecule has 0 bridgehead atoms. The molecule has 4 nitrogen and oxygen atoms in total. The SMILES string of the molecule is CCOC(=O)c1ccc(-n2nc(C)cc2C(F)(F)F)c(F)c1. The molecule has 0 spiro atoms. The quantitative estimate of drug-likeness (QED) is 0.643. The first-order chi connectivity index (χ1) is 10.2. The highest BCUT2D eigenvalue weighted by Crippen LogP contribution is 2.32. The van der Waals surface area contributed by atoms with Crippen molar-refractivity contribution in [3.63, 3.8) is 0 Å². The number of halogens is 4. The standard InChI is InChI=1S/C14H12F4N2O2/c1-3-22-13(21)9-4-5-11(10(15)7-9)20-12(14(16,17)18)6-8(2)19-20/h4-7H,3H2,1-2H3. The maximum Gasteiger partial charge on any atom is 0.433 e. The summed E-state index contributed by atoms with van der Waals surface area (Å²) in [6.07, 6.45) is -4.67. The average molecular weight is 316 g/mol. The van der Waals surface area contributed by atoms with Crippen LogP contribution in [-0.2, 0) is 10.9 Å². The summed E-state index contributed by atoms with van der Waals surface area (Å²) in [7, 11) is 0. The Hall–Kier alpha value is -2.38. The van der Waals surface area contributed by atoms with Crippen LogP contribution in [0.3, 0.4) is 0 Å². The first kappa shape index (κ1) is 16.0. The number of hydrogen-bond donors (Lipinski definition) is 0. The smallest absolute Gasteiger partial charge is 0.433 e. The molecule has 1 heterocycles. The summed E-state index contributed by atoms with van der Waals surface area (Å²) in [5.74, 6) is -1.75. The van der Waals surface area contributed by atoms with Gasteiger partial charge in [-0.15, -0.1) is 0 Å². The molecule has 8 heteroatoms. The lowest BCUT2D eigenvalue weighted by Crippen LogP contribution is -2.14. The van der Waals surface area contributed by atoms with E-state index in [0.717, 1.165) is 18.2 Å². The molecule has 22 heavy (non-hydrogen) atoms. The summed E-state index contributed by atoms with van der Waals surface area (Å²) in [6.45, 7) is 3.07. The van der Waals surface area contributed by atoms with Crippen molar-refractivity contribution in [3.05, 3.63) is 47.0 Å². The first-order valence-corrected chi connectivity index (χ1v) is 6.35. The predicted molar refractivity (Wildman–Crippen MR) is 69.2 cm³/mol. The van der Waals surface area contributed by atoms with Gasteiger partial charge in [-0.1, -0.05) is 0 Å². The van der Waals surface area contributed by atoms with Gasteiger partial charge in [0.15, 0.2) is 0 Å². The first-order valence-electron chi connectivity index (χ1n) is 6.35. The molecule has 0 fully saturated rings. The van der Waals surface area contributed by atoms with Crippen molar-refractivity contribution in [2.75, 3.05) is 6.61 Å². The number of hydrogen-bond acceptors (Lipinski definition) is 3. The van der Waals surface area contributed by atoms with Gasteiger partial charge in [0.05, 0.1) is 17.9 Å². The van der Waals surface area contributed by atoms with E-state index >= 15 is 0 Å². The van der Waals surface area contributed by atoms with E-state index in [1.165, 1.54) is 13.0 Å². The highest BCUT2D eigenvalue weighted by atomic mass is 19.4. The number of carbonyl (C=O) groups excluding carboxylic acids is 1. The second-order valence-electron chi connectivity index (χ2n) is 4.47. The highest BCUT2D eigenvalue weighted by Gasteiger charge is 2.36. The molecule has 0 unspecified atom stereocenters. The summed E-state index contributed by atoms with van der Waals surface area (Å²) in [5.41, 5.74) is -1.47. The maximum absolute atomic E-state index is 14.1. The average Bonchev–Trinajstić information content (AvgIpc) is 2.80. The Bertz CT molecular complexity index is 707. The molecule has 0 aliphatic carbocycles. The van der Waals surface area contributed by atoms with E-state index in [1.807, 2.05) is 0 Å². The molecule has 0 atom stereocenters. The zero-order chi connectivity index (χ0) is 16.5. The van der Waals surface area contributed by atoms with Crippen LogP contribution in [0.15, 0.2) is 24.3 Å². The molecular formula is C14H12F4N2O2. The highest BCUT2D eigenvalue weighted by molar-refractivity contribution is 5.89. The molecule has 0 N–H and O–H groups in total. The molecule has 0 amide bonds. The lowest BCUT2D eigenvalue weighted by Gasteiger charge is -2.11. The molecule has 0 saturated carbocycles. The molecule has 0 aliphatic rings. The van der Waals surface area contributed by atoms with E-state index in [0.29, 0.717) is 4.68 Å². The predicted octanol–water partition coefficient (Wildman–Crippen LogP) is 3.52. The van der Waals surface area contributed by atoms with E-state index in [9.17, 15) is 22.4 Å². The van der Waals surface area contributed by atoms with Crippen molar-refractivity contribution in [1.82, 2.24) is 9.78 Å². The largest absolute Gasteiger partial charge is 0.462 e. The normalized spacial score (nSPS) is 11.5. The minimum atomic E-state index is -4.67. The van der Waals surface area contributed by atoms with Crippen molar-refractivity contribution in [2.45, 2.75) is 20.0 Å². The van der Waals surface area contributed by atoms with E-state index in [4.69, 9.17) is 4.74 Å². The topological polar surface area (TPSA) is 44.1 Å². The lowest BCUT2D eigenvalue weighted by atomic mass is 10.2. The van der Waals surface area contributed by atoms with Crippen molar-refractivity contribution in [1.29, 1.82) is 0 Å². The number of aryl methyl sites for hydroxylation is 1. The Balaban J connectivity index is 2.49. The number of esters is 1. The molecule has 2 rings (SSSR count). The number of carbonyl (C=O) groups is 1. The third-order valence-electron chi connectivity index (χ3n) is 2.81. The summed E-state index contributed by atoms with van der Waals surface area (Å²) in [6, 6.07) is 3.89. The molecular weight excluding hydrogens is 304 g/mol. The summed E-state index contributed by atoms with van der Waals surface area (Å²) < 4.78 is 58.0. The van der Waals surface area contributed by atoms with Crippen molar-refractivity contribution < 1.29 is 27.1 Å². The van der Waals surface area contributed by atoms with Crippen LogP contribution in [0.25, 0.3) is 5.69 Å². The summed E-state index contributed by atoms with van der Waals surface area (Å²) in [4.78, 5) is 11.5. The van der Waals surface area contributed by atoms with E-state index in [2.05, 4.69) is 5.10 Å². The van der Waals surface area contributed by atoms with Crippen LogP contribution >= 0.6 is 0 Å². The lowest BCUT2D eigenvalue weighted by molar-refractivity contribution is -0.142. The second-order valence-corrected chi connectivity index (χ2v) is 4.47. The molecule has 1 aromatic carbocycles. The number of nitrogens with zero attached hydrogens (tertiary/aromatic N) is 2. The third-order valence-corrected chi connectivity index (χ3v) is 2.81.